The van der Waals surface area contributed by atoms with E-state index >= 15 is 0 Å². The summed E-state index contributed by atoms with van der Waals surface area (Å²) in [4.78, 5) is 2.89. The fourth-order valence-electron chi connectivity index (χ4n) is 0. The molecule has 3 heteroatoms. The van der Waals surface area contributed by atoms with Gasteiger partial charge in [0.2, 0.25) is 0 Å². The third-order valence-electron chi connectivity index (χ3n) is 0. The SMILES string of the molecule is CN[SiH3].[La]. The van der Waals surface area contributed by atoms with Crippen LogP contribution < -0.4 is 4.98 Å². The van der Waals surface area contributed by atoms with Crippen LogP contribution in [0.5, 0.6) is 0 Å². The summed E-state index contributed by atoms with van der Waals surface area (Å²) in [6, 6.07) is 0. The van der Waals surface area contributed by atoms with E-state index < -0.39 is 0 Å². The van der Waals surface area contributed by atoms with Gasteiger partial charge >= 0.3 is 0 Å². The molecule has 1 radical (unpaired) electrons. The van der Waals surface area contributed by atoms with Crippen LogP contribution >= 0.6 is 0 Å². The number of nitrogens with one attached hydrogen (secondary N) is 1. The maximum absolute atomic E-state index is 2.89. The van der Waals surface area contributed by atoms with Crippen LogP contribution in [0.3, 0.4) is 0 Å². The Morgan fingerprint density at radius 3 is 1.75 bits per heavy atom. The molecular formula is CH7LaNSi. The Labute approximate surface area is 57.6 Å². The molecule has 0 atom stereocenters. The van der Waals surface area contributed by atoms with E-state index in [4.69, 9.17) is 0 Å². The Kier molecular flexibility index (Phi) is 19.9. The summed E-state index contributed by atoms with van der Waals surface area (Å²) >= 11 is 0. The molecule has 0 heterocycles. The van der Waals surface area contributed by atoms with E-state index in [1.165, 1.54) is 0 Å². The predicted octanol–water partition coefficient (Wildman–Crippen LogP) is -1.51. The Bertz CT molecular complexity index is 8.00. The van der Waals surface area contributed by atoms with Crippen LogP contribution in [0.1, 0.15) is 0 Å². The van der Waals surface area contributed by atoms with Crippen molar-refractivity contribution in [2.45, 2.75) is 0 Å². The van der Waals surface area contributed by atoms with Gasteiger partial charge in [-0.05, 0) is 7.05 Å². The van der Waals surface area contributed by atoms with Crippen LogP contribution in [-0.2, 0) is 0 Å². The monoisotopic (exact) mass is 200 g/mol. The average Bonchev–Trinajstić information content (AvgIpc) is 0.918. The Balaban J connectivity index is 0. The fourth-order valence-corrected chi connectivity index (χ4v) is 0. The second-order valence-electron chi connectivity index (χ2n) is 0.500. The van der Waals surface area contributed by atoms with Gasteiger partial charge in [0.25, 0.3) is 0 Å². The van der Waals surface area contributed by atoms with Crippen molar-refractivity contribution in [2.24, 2.45) is 0 Å². The first-order valence-electron chi connectivity index (χ1n) is 1.00. The zero-order valence-electron chi connectivity index (χ0n) is 3.08. The minimum absolute atomic E-state index is 0. The molecule has 1 nitrogen and oxygen atoms in total. The van der Waals surface area contributed by atoms with Gasteiger partial charge in [-0.15, -0.1) is 0 Å². The molecule has 0 bridgehead atoms. The number of hydrogen-bond donors (Lipinski definition) is 1. The van der Waals surface area contributed by atoms with E-state index in [-0.39, 0.29) is 35.6 Å². The average molecular weight is 200 g/mol. The molecule has 0 saturated heterocycles. The normalized spacial score (nSPS) is 5.25. The second kappa shape index (κ2) is 8.84. The smallest absolute Gasteiger partial charge is 0.0745 e. The number of rotatable bonds is 0. The molecule has 0 aromatic carbocycles. The van der Waals surface area contributed by atoms with Crippen molar-refractivity contribution < 1.29 is 35.6 Å². The first-order valence-corrected chi connectivity index (χ1v) is 2.00. The Morgan fingerprint density at radius 1 is 1.75 bits per heavy atom. The molecule has 0 amide bonds. The number of hydrogen-bond acceptors (Lipinski definition) is 1. The third kappa shape index (κ3) is 10.1. The van der Waals surface area contributed by atoms with Crippen molar-refractivity contribution >= 4 is 10.4 Å². The molecule has 0 aliphatic rings. The standard InChI is InChI=1S/CH7NSi.La/c1-2-3;/h2H,1,3H3;. The van der Waals surface area contributed by atoms with Gasteiger partial charge in [0.05, 0.1) is 10.4 Å². The van der Waals surface area contributed by atoms with Gasteiger partial charge in [-0.2, -0.15) is 0 Å². The summed E-state index contributed by atoms with van der Waals surface area (Å²) in [5.41, 5.74) is 0. The van der Waals surface area contributed by atoms with E-state index in [2.05, 4.69) is 4.98 Å². The molecule has 4 heavy (non-hydrogen) atoms. The van der Waals surface area contributed by atoms with Gasteiger partial charge in [0.15, 0.2) is 0 Å². The van der Waals surface area contributed by atoms with E-state index in [1.807, 2.05) is 7.05 Å². The Hall–Kier alpha value is 1.37. The molecular weight excluding hydrogens is 193 g/mol. The van der Waals surface area contributed by atoms with E-state index in [1.54, 1.807) is 0 Å². The summed E-state index contributed by atoms with van der Waals surface area (Å²) in [7, 11) is 3.06. The van der Waals surface area contributed by atoms with Gasteiger partial charge in [-0.1, -0.05) is 0 Å². The minimum Gasteiger partial charge on any atom is -0.348 e. The topological polar surface area (TPSA) is 12.0 Å². The van der Waals surface area contributed by atoms with Gasteiger partial charge < -0.3 is 4.98 Å². The van der Waals surface area contributed by atoms with Crippen LogP contribution in [0, 0.1) is 35.6 Å². The van der Waals surface area contributed by atoms with Crippen molar-refractivity contribution in [1.82, 2.24) is 4.98 Å². The molecule has 0 saturated carbocycles. The first kappa shape index (κ1) is 9.03. The maximum Gasteiger partial charge on any atom is 0.0745 e. The van der Waals surface area contributed by atoms with Gasteiger partial charge in [0, 0.05) is 35.6 Å². The van der Waals surface area contributed by atoms with Crippen molar-refractivity contribution in [1.29, 1.82) is 0 Å². The molecule has 0 aromatic heterocycles. The molecule has 0 aromatic rings. The zero-order chi connectivity index (χ0) is 2.71. The molecule has 0 unspecified atom stereocenters. The van der Waals surface area contributed by atoms with Crippen molar-refractivity contribution in [3.05, 3.63) is 0 Å². The Morgan fingerprint density at radius 2 is 1.75 bits per heavy atom. The molecule has 1 N–H and O–H groups in total. The summed E-state index contributed by atoms with van der Waals surface area (Å²) in [6.45, 7) is 0. The first-order chi connectivity index (χ1) is 1.41. The molecule has 0 aliphatic heterocycles. The van der Waals surface area contributed by atoms with Crippen molar-refractivity contribution in [2.75, 3.05) is 7.05 Å². The maximum atomic E-state index is 2.89. The van der Waals surface area contributed by atoms with Gasteiger partial charge in [0.1, 0.15) is 0 Å². The van der Waals surface area contributed by atoms with Crippen LogP contribution in [-0.4, -0.2) is 17.5 Å². The van der Waals surface area contributed by atoms with E-state index in [0.29, 0.717) is 0 Å². The second-order valence-corrected chi connectivity index (χ2v) is 1.50. The van der Waals surface area contributed by atoms with Crippen LogP contribution in [0.15, 0.2) is 0 Å². The quantitative estimate of drug-likeness (QED) is 0.468. The summed E-state index contributed by atoms with van der Waals surface area (Å²) < 4.78 is 0. The summed E-state index contributed by atoms with van der Waals surface area (Å²) in [5, 5.41) is 0. The third-order valence-corrected chi connectivity index (χ3v) is 0. The van der Waals surface area contributed by atoms with Crippen LogP contribution in [0.4, 0.5) is 0 Å². The van der Waals surface area contributed by atoms with E-state index in [0.717, 1.165) is 10.4 Å². The van der Waals surface area contributed by atoms with Gasteiger partial charge in [-0.3, -0.25) is 0 Å². The minimum atomic E-state index is 0. The van der Waals surface area contributed by atoms with Crippen LogP contribution in [0.25, 0.3) is 0 Å². The molecule has 23 valence electrons. The molecule has 0 spiro atoms. The zero-order valence-corrected chi connectivity index (χ0v) is 8.70. The fraction of sp³-hybridized carbons (Fsp3) is 1.00. The van der Waals surface area contributed by atoms with E-state index in [9.17, 15) is 0 Å². The molecule has 0 rings (SSSR count). The molecule has 0 aliphatic carbocycles. The summed E-state index contributed by atoms with van der Waals surface area (Å²) in [5.74, 6) is 0. The summed E-state index contributed by atoms with van der Waals surface area (Å²) in [6.07, 6.45) is 0. The van der Waals surface area contributed by atoms with Crippen molar-refractivity contribution in [3.8, 4) is 0 Å². The largest absolute Gasteiger partial charge is 0.348 e. The van der Waals surface area contributed by atoms with Crippen molar-refractivity contribution in [3.63, 3.8) is 0 Å². The van der Waals surface area contributed by atoms with Crippen LogP contribution in [0.2, 0.25) is 0 Å². The van der Waals surface area contributed by atoms with Gasteiger partial charge in [-0.25, -0.2) is 0 Å². The predicted molar refractivity (Wildman–Crippen MR) is 19.0 cm³/mol. The molecule has 0 fully saturated rings.